The van der Waals surface area contributed by atoms with Gasteiger partial charge in [0.1, 0.15) is 52.4 Å². The van der Waals surface area contributed by atoms with Gasteiger partial charge in [0.05, 0.1) is 261 Å². The molecule has 16 heteroatoms. The van der Waals surface area contributed by atoms with Crippen LogP contribution < -0.4 is 0 Å². The first-order valence-corrected chi connectivity index (χ1v) is 54.7. The zero-order valence-corrected chi connectivity index (χ0v) is 90.8. The summed E-state index contributed by atoms with van der Waals surface area (Å²) in [5.41, 5.74) is 0.00219. The smallest absolute Gasteiger partial charge is 0.102 e. The zero-order chi connectivity index (χ0) is 93.6. The van der Waals surface area contributed by atoms with Crippen LogP contribution in [0.1, 0.15) is 397 Å². The Morgan fingerprint density at radius 1 is 0.185 bits per heavy atom. The molecule has 124 heavy (non-hydrogen) atoms. The van der Waals surface area contributed by atoms with Crippen molar-refractivity contribution in [3.8, 4) is 0 Å². The van der Waals surface area contributed by atoms with E-state index in [9.17, 15) is 0 Å². The standard InChI is InChI=1S/C16H34NO.C15H32NO.C15H34NO.C14H30NO.C14H32NO.C13H28NO.C11H24NO.C10H22NO/c1-4-7-13-17(6-3,12-5-2)14-15-18-16-10-8-9-11-16;1-4-11-16(6-3,12-5-2)13-14-17-15-9-7-8-10-15;1-7-10-12-16(9-3,11-8-2)13-14-17-15(4,5)6;1-4-15(5-2,6-3)12-13-16-14-10-8-7-9-11-14;1-7-10-15(9-3,11-8-2)12-13-16-14(4,5)6;1-4-14(5-2,6-3)11-12-15-13-9-7-8-10-13;1-12(2,3)9-10-13-11-7-5-4-6-8-11;1-11(2,3)8-9-12-10-6-4-5-7-10/h16H,4-15H2,1-3H3;15H,4-14H2,1-3H3;7-14H2,1-6H3;14H,4-13H2,1-3H3;7-13H2,1-6H3;13H,4-12H2,1-3H3;11H,4-10H2,1-3H3;10H,4-9H2,1-3H3/q8*+1. The van der Waals surface area contributed by atoms with E-state index in [2.05, 4.69) is 208 Å². The first-order chi connectivity index (χ1) is 59.0. The number of rotatable bonds is 58. The average molecular weight is 1780 g/mol. The van der Waals surface area contributed by atoms with Gasteiger partial charge in [-0.2, -0.15) is 0 Å². The molecule has 748 valence electrons. The predicted octanol–water partition coefficient (Wildman–Crippen LogP) is 24.6. The van der Waals surface area contributed by atoms with Gasteiger partial charge in [-0.05, 0) is 239 Å². The number of hydrogen-bond donors (Lipinski definition) is 0. The maximum atomic E-state index is 6.07. The highest BCUT2D eigenvalue weighted by Crippen LogP contribution is 2.27. The molecule has 0 N–H and O–H groups in total. The van der Waals surface area contributed by atoms with Crippen molar-refractivity contribution >= 4 is 0 Å². The van der Waals surface area contributed by atoms with Crippen LogP contribution >= 0.6 is 0 Å². The topological polar surface area (TPSA) is 73.8 Å². The van der Waals surface area contributed by atoms with E-state index in [1.54, 1.807) is 0 Å². The second-order valence-corrected chi connectivity index (χ2v) is 43.4. The Balaban J connectivity index is 0. The Morgan fingerprint density at radius 2 is 0.347 bits per heavy atom. The predicted molar refractivity (Wildman–Crippen MR) is 542 cm³/mol. The van der Waals surface area contributed by atoms with Crippen molar-refractivity contribution in [1.82, 2.24) is 0 Å². The quantitative estimate of drug-likeness (QED) is 0.0558. The fourth-order valence-electron chi connectivity index (χ4n) is 19.8. The molecule has 2 unspecified atom stereocenters. The van der Waals surface area contributed by atoms with Crippen molar-refractivity contribution in [3.63, 3.8) is 0 Å². The van der Waals surface area contributed by atoms with Crippen LogP contribution in [0.2, 0.25) is 0 Å². The summed E-state index contributed by atoms with van der Waals surface area (Å²) in [5, 5.41) is 0. The lowest BCUT2D eigenvalue weighted by molar-refractivity contribution is -0.927. The molecule has 0 radical (unpaired) electrons. The zero-order valence-electron chi connectivity index (χ0n) is 90.8. The summed E-state index contributed by atoms with van der Waals surface area (Å²) in [5.74, 6) is 0. The molecule has 0 aromatic carbocycles. The summed E-state index contributed by atoms with van der Waals surface area (Å²) in [4.78, 5) is 0. The summed E-state index contributed by atoms with van der Waals surface area (Å²) in [6, 6.07) is 0. The SMILES string of the molecule is CCCC[N+](CC)(CCC)CCOC(C)(C)C.CCCC[N+](CC)(CCC)CCOC1CCCC1.CCC[N+](CC)(CCC)CCOC(C)(C)C.CCC[N+](CC)(CCC)CCOC1CCCC1.CC[N+](CC)(CC)CCOC1CCCC1.CC[N+](CC)(CC)CCOC1CCCCC1.C[N+](C)(C)CCOC1CCCC1.C[N+](C)(C)CCOC1CCCCC1. The third-order valence-electron chi connectivity index (χ3n) is 29.3. The molecule has 0 heterocycles. The Hall–Kier alpha value is -0.640. The Kier molecular flexibility index (Phi) is 75.5. The number of hydrogen-bond acceptors (Lipinski definition) is 8. The van der Waals surface area contributed by atoms with E-state index in [1.807, 2.05) is 0 Å². The molecule has 0 saturated heterocycles. The van der Waals surface area contributed by atoms with Gasteiger partial charge in [-0.3, -0.25) is 0 Å². The van der Waals surface area contributed by atoms with Crippen LogP contribution in [-0.2, 0) is 37.9 Å². The van der Waals surface area contributed by atoms with E-state index in [0.29, 0.717) is 36.6 Å². The molecule has 6 aliphatic carbocycles. The normalized spacial score (nSPS) is 18.0. The maximum Gasteiger partial charge on any atom is 0.102 e. The lowest BCUT2D eigenvalue weighted by atomic mass is 9.98. The summed E-state index contributed by atoms with van der Waals surface area (Å²) in [6.07, 6.45) is 51.3. The second kappa shape index (κ2) is 74.7. The third-order valence-corrected chi connectivity index (χ3v) is 29.3. The molecule has 0 amide bonds. The van der Waals surface area contributed by atoms with Crippen molar-refractivity contribution in [3.05, 3.63) is 0 Å². The van der Waals surface area contributed by atoms with Crippen LogP contribution in [0.15, 0.2) is 0 Å². The molecule has 0 aliphatic heterocycles. The summed E-state index contributed by atoms with van der Waals surface area (Å²) in [7, 11) is 13.3. The lowest BCUT2D eigenvalue weighted by Crippen LogP contribution is -2.51. The first kappa shape index (κ1) is 125. The lowest BCUT2D eigenvalue weighted by Gasteiger charge is -2.38. The Labute approximate surface area is 779 Å². The monoisotopic (exact) mass is 1770 g/mol. The summed E-state index contributed by atoms with van der Waals surface area (Å²) >= 11 is 0. The molecule has 6 saturated carbocycles. The van der Waals surface area contributed by atoms with Crippen molar-refractivity contribution in [1.29, 1.82) is 0 Å². The van der Waals surface area contributed by atoms with E-state index in [4.69, 9.17) is 37.9 Å². The van der Waals surface area contributed by atoms with Crippen LogP contribution in [0.5, 0.6) is 0 Å². The minimum Gasteiger partial charge on any atom is -0.372 e. The van der Waals surface area contributed by atoms with Gasteiger partial charge >= 0.3 is 0 Å². The molecule has 6 aliphatic rings. The average Bonchev–Trinajstić information content (AvgIpc) is 0.896. The van der Waals surface area contributed by atoms with Crippen molar-refractivity contribution in [2.75, 3.05) is 265 Å². The molecule has 6 fully saturated rings. The number of nitrogens with zero attached hydrogens (tertiary/aromatic N) is 8. The molecule has 6 rings (SSSR count). The fourth-order valence-corrected chi connectivity index (χ4v) is 19.8. The second-order valence-electron chi connectivity index (χ2n) is 43.4. The van der Waals surface area contributed by atoms with Gasteiger partial charge in [0.15, 0.2) is 0 Å². The Morgan fingerprint density at radius 3 is 0.508 bits per heavy atom. The summed E-state index contributed by atoms with van der Waals surface area (Å²) < 4.78 is 56.9. The Bertz CT molecular complexity index is 2240. The van der Waals surface area contributed by atoms with Crippen molar-refractivity contribution in [2.24, 2.45) is 0 Å². The van der Waals surface area contributed by atoms with Crippen molar-refractivity contribution in [2.45, 2.75) is 445 Å². The van der Waals surface area contributed by atoms with E-state index in [0.717, 1.165) is 81.5 Å². The van der Waals surface area contributed by atoms with Crippen LogP contribution in [0, 0.1) is 0 Å². The van der Waals surface area contributed by atoms with Crippen LogP contribution in [0.3, 0.4) is 0 Å². The van der Waals surface area contributed by atoms with Gasteiger partial charge in [-0.15, -0.1) is 0 Å². The van der Waals surface area contributed by atoms with E-state index in [1.165, 1.54) is 409 Å². The molecule has 2 atom stereocenters. The minimum atomic E-state index is 0.000369. The third kappa shape index (κ3) is 64.3. The minimum absolute atomic E-state index is 0.000369. The molecule has 0 bridgehead atoms. The van der Waals surface area contributed by atoms with Crippen LogP contribution in [0.4, 0.5) is 0 Å². The number of unbranched alkanes of at least 4 members (excludes halogenated alkanes) is 2. The first-order valence-electron chi connectivity index (χ1n) is 54.7. The van der Waals surface area contributed by atoms with Crippen molar-refractivity contribution < 1.29 is 73.8 Å². The molecular weight excluding hydrogens is 1540 g/mol. The van der Waals surface area contributed by atoms with Crippen LogP contribution in [0.25, 0.3) is 0 Å². The highest BCUT2D eigenvalue weighted by molar-refractivity contribution is 4.71. The van der Waals surface area contributed by atoms with Gasteiger partial charge < -0.3 is 73.8 Å². The highest BCUT2D eigenvalue weighted by Gasteiger charge is 2.31. The molecule has 0 aromatic heterocycles. The number of likely N-dealkylation sites (N-methyl/N-ethyl adjacent to an activating group) is 8. The van der Waals surface area contributed by atoms with E-state index in [-0.39, 0.29) is 11.2 Å². The fraction of sp³-hybridized carbons (Fsp3) is 1.00. The van der Waals surface area contributed by atoms with Gasteiger partial charge in [0.2, 0.25) is 0 Å². The van der Waals surface area contributed by atoms with Gasteiger partial charge in [0, 0.05) is 0 Å². The highest BCUT2D eigenvalue weighted by atomic mass is 16.5. The van der Waals surface area contributed by atoms with E-state index >= 15 is 0 Å². The van der Waals surface area contributed by atoms with E-state index < -0.39 is 0 Å². The molecule has 0 aromatic rings. The number of quaternary nitrogens is 8. The maximum absolute atomic E-state index is 6.07. The summed E-state index contributed by atoms with van der Waals surface area (Å²) in [6.45, 7) is 94.0. The molecule has 0 spiro atoms. The largest absolute Gasteiger partial charge is 0.372 e. The van der Waals surface area contributed by atoms with Gasteiger partial charge in [-0.25, -0.2) is 0 Å². The van der Waals surface area contributed by atoms with Gasteiger partial charge in [-0.1, -0.05) is 158 Å². The molecule has 16 nitrogen and oxygen atoms in total. The van der Waals surface area contributed by atoms with Gasteiger partial charge in [0.25, 0.3) is 0 Å². The molecular formula is C108H236N8O8+8. The number of ether oxygens (including phenoxy) is 8. The van der Waals surface area contributed by atoms with Crippen LogP contribution in [-0.4, -0.2) is 349 Å².